The summed E-state index contributed by atoms with van der Waals surface area (Å²) >= 11 is 0. The van der Waals surface area contributed by atoms with Gasteiger partial charge >= 0.3 is 5.97 Å². The van der Waals surface area contributed by atoms with Crippen LogP contribution < -0.4 is 0 Å². The summed E-state index contributed by atoms with van der Waals surface area (Å²) in [5, 5.41) is 0. The molecule has 1 saturated heterocycles. The predicted octanol–water partition coefficient (Wildman–Crippen LogP) is 3.79. The Morgan fingerprint density at radius 1 is 1.17 bits per heavy atom. The number of rotatable bonds is 1. The summed E-state index contributed by atoms with van der Waals surface area (Å²) in [6.45, 7) is 4.67. The zero-order valence-electron chi connectivity index (χ0n) is 18.3. The van der Waals surface area contributed by atoms with E-state index in [2.05, 4.69) is 13.8 Å². The predicted molar refractivity (Wildman–Crippen MR) is 108 cm³/mol. The molecule has 5 aliphatic carbocycles. The third kappa shape index (κ3) is 1.97. The second-order valence-electron chi connectivity index (χ2n) is 11.5. The molecule has 5 heteroatoms. The van der Waals surface area contributed by atoms with Crippen molar-refractivity contribution in [2.45, 2.75) is 83.3 Å². The van der Waals surface area contributed by atoms with E-state index in [9.17, 15) is 14.4 Å². The highest BCUT2D eigenvalue weighted by Crippen LogP contribution is 2.80. The van der Waals surface area contributed by atoms with Crippen LogP contribution >= 0.6 is 0 Å². The fraction of sp³-hybridized carbons (Fsp3) is 0.800. The van der Waals surface area contributed by atoms with Crippen LogP contribution in [0, 0.1) is 34.0 Å². The van der Waals surface area contributed by atoms with Gasteiger partial charge in [-0.3, -0.25) is 14.4 Å². The molecule has 0 aromatic heterocycles. The maximum absolute atomic E-state index is 13.1. The van der Waals surface area contributed by atoms with Gasteiger partial charge < -0.3 is 9.47 Å². The number of ether oxygens (including phenoxy) is 2. The summed E-state index contributed by atoms with van der Waals surface area (Å²) in [7, 11) is 1.47. The van der Waals surface area contributed by atoms with Gasteiger partial charge in [-0.2, -0.15) is 0 Å². The van der Waals surface area contributed by atoms with Gasteiger partial charge in [0.1, 0.15) is 11.4 Å². The summed E-state index contributed by atoms with van der Waals surface area (Å²) < 4.78 is 12.0. The summed E-state index contributed by atoms with van der Waals surface area (Å²) in [5.41, 5.74) is 0.675. The zero-order chi connectivity index (χ0) is 21.1. The average Bonchev–Trinajstić information content (AvgIpc) is 3.20. The molecule has 0 amide bonds. The maximum atomic E-state index is 13.1. The Kier molecular flexibility index (Phi) is 3.62. The number of Topliss-reactive ketones (excluding diaryl/α,β-unsaturated/α-hetero) is 1. The molecule has 0 bridgehead atoms. The molecule has 1 aliphatic heterocycles. The lowest BCUT2D eigenvalue weighted by molar-refractivity contribution is -0.158. The number of carbonyl (C=O) groups is 3. The molecule has 1 heterocycles. The Morgan fingerprint density at radius 3 is 2.67 bits per heavy atom. The first-order valence-electron chi connectivity index (χ1n) is 11.7. The molecule has 162 valence electrons. The van der Waals surface area contributed by atoms with E-state index in [1.807, 2.05) is 6.08 Å². The van der Waals surface area contributed by atoms with Gasteiger partial charge in [-0.15, -0.1) is 0 Å². The molecule has 2 spiro atoms. The molecule has 5 nitrogen and oxygen atoms in total. The third-order valence-corrected chi connectivity index (χ3v) is 10.8. The molecule has 6 aliphatic rings. The van der Waals surface area contributed by atoms with E-state index in [-0.39, 0.29) is 51.5 Å². The van der Waals surface area contributed by atoms with Crippen molar-refractivity contribution in [1.82, 2.24) is 0 Å². The van der Waals surface area contributed by atoms with E-state index < -0.39 is 0 Å². The number of epoxide rings is 1. The highest BCUT2D eigenvalue weighted by atomic mass is 16.6. The van der Waals surface area contributed by atoms with Crippen LogP contribution in [0.5, 0.6) is 0 Å². The zero-order valence-corrected chi connectivity index (χ0v) is 18.3. The van der Waals surface area contributed by atoms with Crippen molar-refractivity contribution >= 4 is 17.5 Å². The molecular formula is C25H32O5. The number of carbonyl (C=O) groups excluding carboxylic acids is 3. The molecule has 5 fully saturated rings. The molecule has 0 aromatic carbocycles. The van der Waals surface area contributed by atoms with Gasteiger partial charge in [0, 0.05) is 30.6 Å². The van der Waals surface area contributed by atoms with Gasteiger partial charge in [-0.05, 0) is 61.3 Å². The highest BCUT2D eigenvalue weighted by molar-refractivity contribution is 5.92. The summed E-state index contributed by atoms with van der Waals surface area (Å²) in [5.74, 6) is 0.621. The standard InChI is InChI=1S/C25H32O5/c1-22-7-4-15(26)10-14(22)11-17(21(28)29-3)20-18-6-9-24(8-5-16(27)12-24)23(18,2)13-19-25(20,22)30-19/h10,17-20H,4-9,11-13H2,1-3H3/t17-,18+,19-,20+,22+,23+,24-,25-/m1/s1. The van der Waals surface area contributed by atoms with Crippen molar-refractivity contribution in [2.24, 2.45) is 34.0 Å². The fourth-order valence-corrected chi connectivity index (χ4v) is 9.25. The first kappa shape index (κ1) is 19.2. The van der Waals surface area contributed by atoms with Crippen LogP contribution in [-0.4, -0.2) is 36.4 Å². The van der Waals surface area contributed by atoms with Crippen molar-refractivity contribution in [3.8, 4) is 0 Å². The topological polar surface area (TPSA) is 73.0 Å². The van der Waals surface area contributed by atoms with Gasteiger partial charge in [-0.25, -0.2) is 0 Å². The quantitative estimate of drug-likeness (QED) is 0.484. The van der Waals surface area contributed by atoms with E-state index >= 15 is 0 Å². The number of methoxy groups -OCH3 is 1. The molecule has 30 heavy (non-hydrogen) atoms. The summed E-state index contributed by atoms with van der Waals surface area (Å²) in [6.07, 6.45) is 9.43. The van der Waals surface area contributed by atoms with Crippen LogP contribution in [0.25, 0.3) is 0 Å². The third-order valence-electron chi connectivity index (χ3n) is 10.8. The highest BCUT2D eigenvalue weighted by Gasteiger charge is 2.82. The number of ketones is 2. The van der Waals surface area contributed by atoms with E-state index in [1.54, 1.807) is 0 Å². The Bertz CT molecular complexity index is 905. The van der Waals surface area contributed by atoms with Crippen molar-refractivity contribution in [2.75, 3.05) is 7.11 Å². The smallest absolute Gasteiger partial charge is 0.309 e. The molecule has 0 aromatic rings. The second kappa shape index (κ2) is 5.65. The lowest BCUT2D eigenvalue weighted by Gasteiger charge is -2.59. The van der Waals surface area contributed by atoms with Gasteiger partial charge in [0.25, 0.3) is 0 Å². The molecule has 4 saturated carbocycles. The Hall–Kier alpha value is -1.49. The molecule has 0 unspecified atom stereocenters. The Balaban J connectivity index is 1.49. The second-order valence-corrected chi connectivity index (χ2v) is 11.5. The van der Waals surface area contributed by atoms with E-state index in [1.165, 1.54) is 7.11 Å². The Morgan fingerprint density at radius 2 is 1.97 bits per heavy atom. The molecule has 0 N–H and O–H groups in total. The van der Waals surface area contributed by atoms with Crippen molar-refractivity contribution in [1.29, 1.82) is 0 Å². The first-order valence-corrected chi connectivity index (χ1v) is 11.7. The maximum Gasteiger partial charge on any atom is 0.309 e. The van der Waals surface area contributed by atoms with Crippen LogP contribution in [0.4, 0.5) is 0 Å². The normalized spacial score (nSPS) is 53.5. The average molecular weight is 413 g/mol. The van der Waals surface area contributed by atoms with Crippen molar-refractivity contribution < 1.29 is 23.9 Å². The molecular weight excluding hydrogens is 380 g/mol. The van der Waals surface area contributed by atoms with Crippen LogP contribution in [-0.2, 0) is 23.9 Å². The first-order chi connectivity index (χ1) is 14.2. The van der Waals surface area contributed by atoms with Crippen molar-refractivity contribution in [3.63, 3.8) is 0 Å². The molecule has 6 rings (SSSR count). The van der Waals surface area contributed by atoms with E-state index in [0.717, 1.165) is 37.7 Å². The Labute approximate surface area is 177 Å². The number of esters is 1. The van der Waals surface area contributed by atoms with Crippen LogP contribution in [0.3, 0.4) is 0 Å². The van der Waals surface area contributed by atoms with Gasteiger partial charge in [-0.1, -0.05) is 19.4 Å². The number of hydrogen-bond acceptors (Lipinski definition) is 5. The van der Waals surface area contributed by atoms with Crippen LogP contribution in [0.15, 0.2) is 11.6 Å². The number of fused-ring (bicyclic) bond motifs is 4. The minimum absolute atomic E-state index is 0.0306. The summed E-state index contributed by atoms with van der Waals surface area (Å²) in [6, 6.07) is 0. The van der Waals surface area contributed by atoms with Crippen LogP contribution in [0.1, 0.15) is 71.6 Å². The fourth-order valence-electron chi connectivity index (χ4n) is 9.25. The molecule has 0 radical (unpaired) electrons. The minimum atomic E-state index is -0.352. The summed E-state index contributed by atoms with van der Waals surface area (Å²) in [4.78, 5) is 37.6. The monoisotopic (exact) mass is 412 g/mol. The number of hydrogen-bond donors (Lipinski definition) is 0. The lowest BCUT2D eigenvalue weighted by atomic mass is 9.42. The molecule has 8 atom stereocenters. The van der Waals surface area contributed by atoms with Gasteiger partial charge in [0.15, 0.2) is 5.78 Å². The minimum Gasteiger partial charge on any atom is -0.469 e. The SMILES string of the molecule is COC(=O)[C@@H]1CC2=CC(=O)CC[C@]2(C)[C@@]23O[C@@H]2C[C@@]2(C)[C@@H](CC[C@@]24CCC(=O)C4)[C@H]13. The van der Waals surface area contributed by atoms with Crippen LogP contribution in [0.2, 0.25) is 0 Å². The van der Waals surface area contributed by atoms with E-state index in [4.69, 9.17) is 9.47 Å². The lowest BCUT2D eigenvalue weighted by Crippen LogP contribution is -2.62. The van der Waals surface area contributed by atoms with Gasteiger partial charge in [0.2, 0.25) is 0 Å². The van der Waals surface area contributed by atoms with E-state index in [0.29, 0.717) is 37.4 Å². The largest absolute Gasteiger partial charge is 0.469 e. The van der Waals surface area contributed by atoms with Crippen molar-refractivity contribution in [3.05, 3.63) is 11.6 Å². The van der Waals surface area contributed by atoms with Gasteiger partial charge in [0.05, 0.1) is 19.1 Å².